The topological polar surface area (TPSA) is 30.9 Å². The first-order valence-electron chi connectivity index (χ1n) is 4.71. The van der Waals surface area contributed by atoms with E-state index in [1.807, 2.05) is 0 Å². The van der Waals surface area contributed by atoms with Crippen molar-refractivity contribution in [2.75, 3.05) is 6.54 Å². The first-order valence-corrected chi connectivity index (χ1v) is 4.71. The van der Waals surface area contributed by atoms with Gasteiger partial charge in [0.1, 0.15) is 0 Å². The van der Waals surface area contributed by atoms with Gasteiger partial charge in [-0.15, -0.1) is 0 Å². The molecule has 0 saturated carbocycles. The Morgan fingerprint density at radius 1 is 1.58 bits per heavy atom. The van der Waals surface area contributed by atoms with Crippen LogP contribution < -0.4 is 5.73 Å². The first-order chi connectivity index (χ1) is 5.83. The van der Waals surface area contributed by atoms with Gasteiger partial charge < -0.3 is 10.3 Å². The third-order valence-electron chi connectivity index (χ3n) is 2.78. The van der Waals surface area contributed by atoms with Crippen LogP contribution in [0.4, 0.5) is 0 Å². The number of fused-ring (bicyclic) bond motifs is 1. The maximum atomic E-state index is 5.64. The van der Waals surface area contributed by atoms with E-state index in [0.29, 0.717) is 5.92 Å². The highest BCUT2D eigenvalue weighted by atomic mass is 15.0. The Morgan fingerprint density at radius 3 is 3.17 bits per heavy atom. The van der Waals surface area contributed by atoms with Gasteiger partial charge in [-0.1, -0.05) is 6.92 Å². The second-order valence-electron chi connectivity index (χ2n) is 3.64. The molecule has 12 heavy (non-hydrogen) atoms. The highest BCUT2D eigenvalue weighted by Crippen LogP contribution is 2.23. The van der Waals surface area contributed by atoms with Crippen LogP contribution >= 0.6 is 0 Å². The van der Waals surface area contributed by atoms with Crippen LogP contribution in [-0.4, -0.2) is 11.1 Å². The fraction of sp³-hybridized carbons (Fsp3) is 0.600. The maximum absolute atomic E-state index is 5.64. The molecule has 0 radical (unpaired) electrons. The zero-order chi connectivity index (χ0) is 8.55. The summed E-state index contributed by atoms with van der Waals surface area (Å²) in [5.74, 6) is 0.511. The lowest BCUT2D eigenvalue weighted by atomic mass is 10.1. The van der Waals surface area contributed by atoms with Crippen LogP contribution in [0.1, 0.15) is 30.7 Å². The number of hydrogen-bond acceptors (Lipinski definition) is 1. The minimum atomic E-state index is 0.511. The molecule has 2 N–H and O–H groups in total. The van der Waals surface area contributed by atoms with E-state index < -0.39 is 0 Å². The second-order valence-corrected chi connectivity index (χ2v) is 3.64. The van der Waals surface area contributed by atoms with Crippen LogP contribution in [0.3, 0.4) is 0 Å². The Kier molecular flexibility index (Phi) is 1.93. The van der Waals surface area contributed by atoms with Crippen LogP contribution in [0.15, 0.2) is 12.1 Å². The molecule has 2 heteroatoms. The Hall–Kier alpha value is -0.760. The van der Waals surface area contributed by atoms with Crippen molar-refractivity contribution < 1.29 is 0 Å². The van der Waals surface area contributed by atoms with E-state index in [2.05, 4.69) is 23.6 Å². The van der Waals surface area contributed by atoms with Crippen LogP contribution in [0, 0.1) is 0 Å². The summed E-state index contributed by atoms with van der Waals surface area (Å²) >= 11 is 0. The van der Waals surface area contributed by atoms with Crippen molar-refractivity contribution in [3.8, 4) is 0 Å². The summed E-state index contributed by atoms with van der Waals surface area (Å²) in [7, 11) is 0. The van der Waals surface area contributed by atoms with Gasteiger partial charge in [0.15, 0.2) is 0 Å². The number of nitrogens with zero attached hydrogens (tertiary/aromatic N) is 1. The molecule has 0 aromatic carbocycles. The highest BCUT2D eigenvalue weighted by Gasteiger charge is 2.16. The lowest BCUT2D eigenvalue weighted by Gasteiger charge is -2.11. The van der Waals surface area contributed by atoms with E-state index in [-0.39, 0.29) is 0 Å². The maximum Gasteiger partial charge on any atom is 0.0228 e. The standard InChI is InChI=1S/C10H16N2/c1-8(7-11)10-5-4-9-3-2-6-12(9)10/h4-5,8H,2-3,6-7,11H2,1H3. The van der Waals surface area contributed by atoms with E-state index in [1.54, 1.807) is 0 Å². The molecule has 2 rings (SSSR count). The van der Waals surface area contributed by atoms with Crippen molar-refractivity contribution >= 4 is 0 Å². The molecule has 1 unspecified atom stereocenters. The van der Waals surface area contributed by atoms with E-state index in [1.165, 1.54) is 30.8 Å². The summed E-state index contributed by atoms with van der Waals surface area (Å²) in [4.78, 5) is 0. The van der Waals surface area contributed by atoms with Gasteiger partial charge in [0.2, 0.25) is 0 Å². The van der Waals surface area contributed by atoms with Gasteiger partial charge in [0.05, 0.1) is 0 Å². The third kappa shape index (κ3) is 1.07. The summed E-state index contributed by atoms with van der Waals surface area (Å²) in [5.41, 5.74) is 8.56. The summed E-state index contributed by atoms with van der Waals surface area (Å²) in [6, 6.07) is 4.47. The van der Waals surface area contributed by atoms with E-state index in [4.69, 9.17) is 5.73 Å². The smallest absolute Gasteiger partial charge is 0.0228 e. The summed E-state index contributed by atoms with van der Waals surface area (Å²) < 4.78 is 2.43. The fourth-order valence-electron chi connectivity index (χ4n) is 1.99. The molecular weight excluding hydrogens is 148 g/mol. The largest absolute Gasteiger partial charge is 0.348 e. The van der Waals surface area contributed by atoms with Gasteiger partial charge in [-0.25, -0.2) is 0 Å². The van der Waals surface area contributed by atoms with Crippen molar-refractivity contribution in [3.63, 3.8) is 0 Å². The molecule has 1 aliphatic rings. The number of nitrogens with two attached hydrogens (primary N) is 1. The third-order valence-corrected chi connectivity index (χ3v) is 2.78. The van der Waals surface area contributed by atoms with E-state index >= 15 is 0 Å². The molecular formula is C10H16N2. The molecule has 0 aliphatic carbocycles. The number of rotatable bonds is 2. The Bertz CT molecular complexity index is 275. The normalized spacial score (nSPS) is 17.8. The molecule has 1 aromatic heterocycles. The molecule has 0 fully saturated rings. The van der Waals surface area contributed by atoms with Crippen molar-refractivity contribution in [1.29, 1.82) is 0 Å². The average molecular weight is 164 g/mol. The molecule has 0 spiro atoms. The van der Waals surface area contributed by atoms with Crippen LogP contribution in [0.5, 0.6) is 0 Å². The minimum Gasteiger partial charge on any atom is -0.348 e. The molecule has 1 aliphatic heterocycles. The molecule has 2 nitrogen and oxygen atoms in total. The Labute approximate surface area is 73.4 Å². The first kappa shape index (κ1) is 7.87. The molecule has 0 bridgehead atoms. The van der Waals surface area contributed by atoms with E-state index in [0.717, 1.165) is 6.54 Å². The zero-order valence-corrected chi connectivity index (χ0v) is 7.59. The predicted octanol–water partition coefficient (Wildman–Crippen LogP) is 1.50. The molecule has 0 amide bonds. The van der Waals surface area contributed by atoms with Gasteiger partial charge in [-0.2, -0.15) is 0 Å². The molecule has 2 heterocycles. The van der Waals surface area contributed by atoms with Gasteiger partial charge in [0, 0.05) is 30.4 Å². The zero-order valence-electron chi connectivity index (χ0n) is 7.59. The molecule has 0 saturated heterocycles. The number of aryl methyl sites for hydroxylation is 1. The van der Waals surface area contributed by atoms with Crippen LogP contribution in [-0.2, 0) is 13.0 Å². The van der Waals surface area contributed by atoms with E-state index in [9.17, 15) is 0 Å². The average Bonchev–Trinajstić information content (AvgIpc) is 2.62. The van der Waals surface area contributed by atoms with Gasteiger partial charge in [-0.05, 0) is 25.0 Å². The molecule has 1 atom stereocenters. The van der Waals surface area contributed by atoms with Crippen molar-refractivity contribution in [1.82, 2.24) is 4.57 Å². The number of aromatic nitrogens is 1. The fourth-order valence-corrected chi connectivity index (χ4v) is 1.99. The van der Waals surface area contributed by atoms with Crippen molar-refractivity contribution in [2.24, 2.45) is 5.73 Å². The predicted molar refractivity (Wildman–Crippen MR) is 50.2 cm³/mol. The molecule has 1 aromatic rings. The summed E-state index contributed by atoms with van der Waals surface area (Å²) in [6.07, 6.45) is 2.55. The van der Waals surface area contributed by atoms with Crippen molar-refractivity contribution in [3.05, 3.63) is 23.5 Å². The molecule has 66 valence electrons. The lowest BCUT2D eigenvalue weighted by molar-refractivity contribution is 0.646. The lowest BCUT2D eigenvalue weighted by Crippen LogP contribution is -2.12. The highest BCUT2D eigenvalue weighted by molar-refractivity contribution is 5.22. The quantitative estimate of drug-likeness (QED) is 0.705. The Balaban J connectivity index is 2.33. The SMILES string of the molecule is CC(CN)c1ccc2n1CCC2. The van der Waals surface area contributed by atoms with Crippen LogP contribution in [0.2, 0.25) is 0 Å². The Morgan fingerprint density at radius 2 is 2.42 bits per heavy atom. The number of hydrogen-bond donors (Lipinski definition) is 1. The second kappa shape index (κ2) is 2.94. The van der Waals surface area contributed by atoms with Gasteiger partial charge in [-0.3, -0.25) is 0 Å². The minimum absolute atomic E-state index is 0.511. The van der Waals surface area contributed by atoms with Gasteiger partial charge in [0.25, 0.3) is 0 Å². The summed E-state index contributed by atoms with van der Waals surface area (Å²) in [5, 5.41) is 0. The summed E-state index contributed by atoms with van der Waals surface area (Å²) in [6.45, 7) is 4.15. The van der Waals surface area contributed by atoms with Gasteiger partial charge >= 0.3 is 0 Å². The van der Waals surface area contributed by atoms with Crippen molar-refractivity contribution in [2.45, 2.75) is 32.2 Å². The van der Waals surface area contributed by atoms with Crippen LogP contribution in [0.25, 0.3) is 0 Å². The monoisotopic (exact) mass is 164 g/mol.